The second kappa shape index (κ2) is 10.7. The van der Waals surface area contributed by atoms with Crippen molar-refractivity contribution >= 4 is 29.9 Å². The molecule has 1 aliphatic rings. The number of halogens is 4. The summed E-state index contributed by atoms with van der Waals surface area (Å²) in [5.41, 5.74) is -0.130. The topological polar surface area (TPSA) is 45.5 Å². The highest BCUT2D eigenvalue weighted by Crippen LogP contribution is 2.29. The maximum Gasteiger partial charge on any atom is 0.416 e. The van der Waals surface area contributed by atoms with Gasteiger partial charge >= 0.3 is 6.18 Å². The molecule has 162 valence electrons. The van der Waals surface area contributed by atoms with Crippen LogP contribution in [0.5, 0.6) is 0 Å². The number of nitrogens with zero attached hydrogens (tertiary/aromatic N) is 4. The Morgan fingerprint density at radius 2 is 2.03 bits per heavy atom. The lowest BCUT2D eigenvalue weighted by molar-refractivity contribution is -0.137. The predicted octanol–water partition coefficient (Wildman–Crippen LogP) is 4.03. The van der Waals surface area contributed by atoms with Crippen molar-refractivity contribution in [1.29, 1.82) is 0 Å². The number of aliphatic imine (C=N–C) groups is 1. The summed E-state index contributed by atoms with van der Waals surface area (Å²) >= 11 is 0. The standard InChI is InChI=1S/C21H24F3N5.HI/c1-16-9-12-28(14-19(16)29-13-11-26-15-29)20(25-2)27-10-3-4-17-5-7-18(8-6-17)21(22,23)24;/h5-8,11,13,15-16,19H,9-10,12,14H2,1-2H3,(H,25,27);1H. The summed E-state index contributed by atoms with van der Waals surface area (Å²) in [5, 5.41) is 3.22. The molecule has 1 N–H and O–H groups in total. The quantitative estimate of drug-likeness (QED) is 0.276. The van der Waals surface area contributed by atoms with Crippen LogP contribution in [0.1, 0.15) is 30.5 Å². The van der Waals surface area contributed by atoms with Gasteiger partial charge in [-0.15, -0.1) is 24.0 Å². The van der Waals surface area contributed by atoms with E-state index in [1.54, 1.807) is 13.2 Å². The highest BCUT2D eigenvalue weighted by molar-refractivity contribution is 14.0. The zero-order chi connectivity index (χ0) is 20.9. The van der Waals surface area contributed by atoms with Crippen molar-refractivity contribution in [2.75, 3.05) is 26.7 Å². The summed E-state index contributed by atoms with van der Waals surface area (Å²) in [7, 11) is 1.73. The molecule has 1 fully saturated rings. The Morgan fingerprint density at radius 1 is 1.30 bits per heavy atom. The van der Waals surface area contributed by atoms with E-state index in [9.17, 15) is 13.2 Å². The molecule has 0 saturated carbocycles. The molecule has 0 bridgehead atoms. The first kappa shape index (κ1) is 24.1. The summed E-state index contributed by atoms with van der Waals surface area (Å²) in [6.45, 7) is 4.32. The van der Waals surface area contributed by atoms with Crippen molar-refractivity contribution in [2.45, 2.75) is 25.6 Å². The van der Waals surface area contributed by atoms with Crippen molar-refractivity contribution < 1.29 is 13.2 Å². The number of likely N-dealkylation sites (tertiary alicyclic amines) is 1. The number of benzene rings is 1. The third kappa shape index (κ3) is 6.14. The molecule has 0 radical (unpaired) electrons. The molecule has 2 atom stereocenters. The number of aromatic nitrogens is 2. The highest BCUT2D eigenvalue weighted by Gasteiger charge is 2.30. The van der Waals surface area contributed by atoms with E-state index < -0.39 is 11.7 Å². The first-order chi connectivity index (χ1) is 13.9. The van der Waals surface area contributed by atoms with Crippen LogP contribution in [0, 0.1) is 17.8 Å². The van der Waals surface area contributed by atoms with Gasteiger partial charge in [0.05, 0.1) is 24.5 Å². The van der Waals surface area contributed by atoms with Crippen LogP contribution in [0.25, 0.3) is 0 Å². The van der Waals surface area contributed by atoms with Gasteiger partial charge in [0.15, 0.2) is 5.96 Å². The van der Waals surface area contributed by atoms with Crippen LogP contribution in [-0.2, 0) is 6.18 Å². The minimum absolute atomic E-state index is 0. The van der Waals surface area contributed by atoms with E-state index in [1.807, 2.05) is 12.5 Å². The zero-order valence-electron chi connectivity index (χ0n) is 16.9. The number of nitrogens with one attached hydrogen (secondary N) is 1. The monoisotopic (exact) mass is 531 g/mol. The van der Waals surface area contributed by atoms with Gasteiger partial charge in [0.1, 0.15) is 0 Å². The van der Waals surface area contributed by atoms with Crippen LogP contribution in [0.4, 0.5) is 13.2 Å². The van der Waals surface area contributed by atoms with E-state index in [2.05, 4.69) is 43.5 Å². The lowest BCUT2D eigenvalue weighted by atomic mass is 9.93. The molecule has 9 heteroatoms. The number of rotatable bonds is 2. The highest BCUT2D eigenvalue weighted by atomic mass is 127. The normalized spacial score (nSPS) is 19.5. The Kier molecular flexibility index (Phi) is 8.58. The van der Waals surface area contributed by atoms with Crippen molar-refractivity contribution in [3.8, 4) is 11.8 Å². The molecule has 1 saturated heterocycles. The summed E-state index contributed by atoms with van der Waals surface area (Å²) in [6.07, 6.45) is 2.32. The Morgan fingerprint density at radius 3 is 2.63 bits per heavy atom. The lowest BCUT2D eigenvalue weighted by Gasteiger charge is -2.39. The number of piperidine rings is 1. The van der Waals surface area contributed by atoms with Crippen LogP contribution in [0.3, 0.4) is 0 Å². The van der Waals surface area contributed by atoms with Gasteiger partial charge in [0.25, 0.3) is 0 Å². The average Bonchev–Trinajstić information content (AvgIpc) is 3.23. The molecule has 1 aromatic carbocycles. The molecular formula is C21H25F3IN5. The Bertz CT molecular complexity index is 882. The van der Waals surface area contributed by atoms with E-state index in [0.717, 1.165) is 37.6 Å². The van der Waals surface area contributed by atoms with E-state index >= 15 is 0 Å². The minimum Gasteiger partial charge on any atom is -0.345 e. The fourth-order valence-corrected chi connectivity index (χ4v) is 3.44. The lowest BCUT2D eigenvalue weighted by Crippen LogP contribution is -2.49. The van der Waals surface area contributed by atoms with Crippen LogP contribution >= 0.6 is 24.0 Å². The van der Waals surface area contributed by atoms with Crippen LogP contribution < -0.4 is 5.32 Å². The first-order valence-corrected chi connectivity index (χ1v) is 9.47. The van der Waals surface area contributed by atoms with E-state index in [0.29, 0.717) is 24.1 Å². The number of hydrogen-bond acceptors (Lipinski definition) is 2. The molecule has 1 aliphatic heterocycles. The van der Waals surface area contributed by atoms with Gasteiger partial charge in [-0.05, 0) is 36.6 Å². The second-order valence-corrected chi connectivity index (χ2v) is 7.07. The minimum atomic E-state index is -4.33. The molecule has 5 nitrogen and oxygen atoms in total. The molecule has 3 rings (SSSR count). The number of alkyl halides is 3. The maximum absolute atomic E-state index is 12.6. The molecule has 2 heterocycles. The fraction of sp³-hybridized carbons (Fsp3) is 0.429. The van der Waals surface area contributed by atoms with Gasteiger partial charge in [0.2, 0.25) is 0 Å². The molecule has 0 amide bonds. The Hall–Kier alpha value is -2.22. The number of hydrogen-bond donors (Lipinski definition) is 1. The van der Waals surface area contributed by atoms with Crippen LogP contribution in [-0.4, -0.2) is 47.1 Å². The van der Waals surface area contributed by atoms with Gasteiger partial charge in [0, 0.05) is 38.1 Å². The SMILES string of the molecule is CN=C(NCC#Cc1ccc(C(F)(F)F)cc1)N1CCC(C)C(n2ccnc2)C1.I. The van der Waals surface area contributed by atoms with Crippen molar-refractivity contribution in [2.24, 2.45) is 10.9 Å². The average molecular weight is 531 g/mol. The van der Waals surface area contributed by atoms with E-state index in [4.69, 9.17) is 0 Å². The Labute approximate surface area is 191 Å². The fourth-order valence-electron chi connectivity index (χ4n) is 3.44. The zero-order valence-corrected chi connectivity index (χ0v) is 19.2. The summed E-state index contributed by atoms with van der Waals surface area (Å²) in [5.74, 6) is 7.13. The van der Waals surface area contributed by atoms with E-state index in [1.165, 1.54) is 12.1 Å². The van der Waals surface area contributed by atoms with Crippen molar-refractivity contribution in [3.63, 3.8) is 0 Å². The molecule has 1 aromatic heterocycles. The molecule has 0 spiro atoms. The van der Waals surface area contributed by atoms with Gasteiger partial charge in [-0.3, -0.25) is 4.99 Å². The molecule has 30 heavy (non-hydrogen) atoms. The molecule has 2 unspecified atom stereocenters. The first-order valence-electron chi connectivity index (χ1n) is 9.47. The molecular weight excluding hydrogens is 506 g/mol. The largest absolute Gasteiger partial charge is 0.416 e. The third-order valence-electron chi connectivity index (χ3n) is 5.12. The van der Waals surface area contributed by atoms with Crippen molar-refractivity contribution in [3.05, 3.63) is 54.1 Å². The summed E-state index contributed by atoms with van der Waals surface area (Å²) < 4.78 is 39.9. The Balaban J connectivity index is 0.00000320. The third-order valence-corrected chi connectivity index (χ3v) is 5.12. The number of imidazole rings is 1. The molecule has 2 aromatic rings. The van der Waals surface area contributed by atoms with Crippen molar-refractivity contribution in [1.82, 2.24) is 19.8 Å². The summed E-state index contributed by atoms with van der Waals surface area (Å²) in [6, 6.07) is 5.17. The number of guanidine groups is 1. The van der Waals surface area contributed by atoms with Gasteiger partial charge in [-0.25, -0.2) is 4.98 Å². The van der Waals surface area contributed by atoms with Crippen LogP contribution in [0.15, 0.2) is 48.0 Å². The predicted molar refractivity (Wildman–Crippen MR) is 122 cm³/mol. The molecule has 0 aliphatic carbocycles. The smallest absolute Gasteiger partial charge is 0.345 e. The van der Waals surface area contributed by atoms with E-state index in [-0.39, 0.29) is 24.0 Å². The summed E-state index contributed by atoms with van der Waals surface area (Å²) in [4.78, 5) is 10.7. The van der Waals surface area contributed by atoms with Gasteiger partial charge in [-0.1, -0.05) is 18.8 Å². The second-order valence-electron chi connectivity index (χ2n) is 7.07. The van der Waals surface area contributed by atoms with Crippen LogP contribution in [0.2, 0.25) is 0 Å². The van der Waals surface area contributed by atoms with Gasteiger partial charge < -0.3 is 14.8 Å². The maximum atomic E-state index is 12.6. The van der Waals surface area contributed by atoms with Gasteiger partial charge in [-0.2, -0.15) is 13.2 Å².